The summed E-state index contributed by atoms with van der Waals surface area (Å²) in [6.45, 7) is 1.65. The molecular formula is C9H8Ag2O4. The first kappa shape index (κ1) is 17.0. The van der Waals surface area contributed by atoms with E-state index >= 15 is 0 Å². The average Bonchev–Trinajstić information content (AvgIpc) is 2.03. The normalized spacial score (nSPS) is 8.33. The fourth-order valence-electron chi connectivity index (χ4n) is 1.03. The quantitative estimate of drug-likeness (QED) is 0.742. The van der Waals surface area contributed by atoms with Gasteiger partial charge in [0, 0.05) is 44.8 Å². The molecule has 0 saturated carbocycles. The number of carbonyl (C=O) groups is 2. The van der Waals surface area contributed by atoms with Crippen molar-refractivity contribution in [1.29, 1.82) is 0 Å². The van der Waals surface area contributed by atoms with E-state index in [9.17, 15) is 9.59 Å². The number of aromatic carboxylic acids is 2. The summed E-state index contributed by atoms with van der Waals surface area (Å²) in [7, 11) is 0. The van der Waals surface area contributed by atoms with Crippen molar-refractivity contribution in [3.63, 3.8) is 0 Å². The molecular weight excluding hydrogens is 388 g/mol. The first-order chi connectivity index (χ1) is 6.00. The van der Waals surface area contributed by atoms with Crippen molar-refractivity contribution in [3.8, 4) is 0 Å². The van der Waals surface area contributed by atoms with Crippen LogP contribution in [0.2, 0.25) is 0 Å². The molecule has 0 amide bonds. The van der Waals surface area contributed by atoms with Gasteiger partial charge in [-0.2, -0.15) is 0 Å². The van der Waals surface area contributed by atoms with Gasteiger partial charge in [0.2, 0.25) is 0 Å². The molecule has 2 N–H and O–H groups in total. The van der Waals surface area contributed by atoms with Gasteiger partial charge < -0.3 is 10.2 Å². The summed E-state index contributed by atoms with van der Waals surface area (Å²) in [5.74, 6) is -2.24. The second-order valence-corrected chi connectivity index (χ2v) is 2.70. The molecule has 0 aliphatic heterocycles. The van der Waals surface area contributed by atoms with E-state index in [1.54, 1.807) is 6.92 Å². The van der Waals surface area contributed by atoms with Gasteiger partial charge in [0.15, 0.2) is 0 Å². The number of hydrogen-bond donors (Lipinski definition) is 2. The Morgan fingerprint density at radius 2 is 1.27 bits per heavy atom. The third-order valence-electron chi connectivity index (χ3n) is 1.57. The zero-order valence-corrected chi connectivity index (χ0v) is 10.5. The van der Waals surface area contributed by atoms with Gasteiger partial charge in [-0.1, -0.05) is 0 Å². The van der Waals surface area contributed by atoms with Gasteiger partial charge in [-0.25, -0.2) is 9.59 Å². The second kappa shape index (κ2) is 7.00. The maximum Gasteiger partial charge on any atom is 0.335 e. The maximum absolute atomic E-state index is 10.5. The van der Waals surface area contributed by atoms with Crippen molar-refractivity contribution in [1.82, 2.24) is 0 Å². The molecule has 90 valence electrons. The second-order valence-electron chi connectivity index (χ2n) is 2.70. The van der Waals surface area contributed by atoms with Gasteiger partial charge in [-0.15, -0.1) is 0 Å². The first-order valence-corrected chi connectivity index (χ1v) is 3.59. The van der Waals surface area contributed by atoms with E-state index in [1.165, 1.54) is 12.1 Å². The molecule has 0 saturated heterocycles. The number of benzene rings is 1. The number of carboxylic acid groups (broad SMARTS) is 2. The summed E-state index contributed by atoms with van der Waals surface area (Å²) < 4.78 is 0. The fraction of sp³-hybridized carbons (Fsp3) is 0.111. The maximum atomic E-state index is 10.5. The predicted molar refractivity (Wildman–Crippen MR) is 45.1 cm³/mol. The van der Waals surface area contributed by atoms with Crippen LogP contribution in [0.5, 0.6) is 0 Å². The van der Waals surface area contributed by atoms with E-state index in [1.807, 2.05) is 0 Å². The SMILES string of the molecule is Cc1cc(C(=O)O)cc(C(=O)O)c1.[Ag].[Ag]. The van der Waals surface area contributed by atoms with Crippen LogP contribution >= 0.6 is 0 Å². The van der Waals surface area contributed by atoms with Gasteiger partial charge in [-0.3, -0.25) is 0 Å². The van der Waals surface area contributed by atoms with Crippen molar-refractivity contribution in [2.45, 2.75) is 6.92 Å². The van der Waals surface area contributed by atoms with E-state index in [2.05, 4.69) is 0 Å². The Morgan fingerprint density at radius 3 is 1.53 bits per heavy atom. The summed E-state index contributed by atoms with van der Waals surface area (Å²) in [6.07, 6.45) is 0. The molecule has 6 heteroatoms. The Kier molecular flexibility index (Phi) is 7.96. The molecule has 0 aliphatic carbocycles. The van der Waals surface area contributed by atoms with Gasteiger partial charge in [0.25, 0.3) is 0 Å². The summed E-state index contributed by atoms with van der Waals surface area (Å²) >= 11 is 0. The molecule has 1 rings (SSSR count). The Morgan fingerprint density at radius 1 is 0.933 bits per heavy atom. The molecule has 2 radical (unpaired) electrons. The van der Waals surface area contributed by atoms with Crippen LogP contribution in [0, 0.1) is 6.92 Å². The third kappa shape index (κ3) is 4.79. The van der Waals surface area contributed by atoms with Crippen molar-refractivity contribution < 1.29 is 64.6 Å². The number of hydrogen-bond acceptors (Lipinski definition) is 2. The smallest absolute Gasteiger partial charge is 0.335 e. The Hall–Kier alpha value is -0.359. The van der Waals surface area contributed by atoms with Crippen molar-refractivity contribution in [2.24, 2.45) is 0 Å². The molecule has 15 heavy (non-hydrogen) atoms. The van der Waals surface area contributed by atoms with Crippen LogP contribution < -0.4 is 0 Å². The van der Waals surface area contributed by atoms with E-state index in [4.69, 9.17) is 10.2 Å². The van der Waals surface area contributed by atoms with Crippen LogP contribution in [0.25, 0.3) is 0 Å². The van der Waals surface area contributed by atoms with Crippen LogP contribution in [-0.4, -0.2) is 22.2 Å². The van der Waals surface area contributed by atoms with Crippen LogP contribution in [0.1, 0.15) is 26.3 Å². The summed E-state index contributed by atoms with van der Waals surface area (Å²) in [5.41, 5.74) is 0.618. The van der Waals surface area contributed by atoms with Crippen molar-refractivity contribution >= 4 is 11.9 Å². The molecule has 4 nitrogen and oxygen atoms in total. The number of carboxylic acids is 2. The van der Waals surface area contributed by atoms with Crippen LogP contribution in [0.3, 0.4) is 0 Å². The molecule has 0 heterocycles. The zero-order valence-electron chi connectivity index (χ0n) is 7.55. The minimum absolute atomic E-state index is 0. The molecule has 0 aromatic heterocycles. The van der Waals surface area contributed by atoms with Gasteiger partial charge in [-0.05, 0) is 30.7 Å². The first-order valence-electron chi connectivity index (χ1n) is 3.59. The minimum atomic E-state index is -1.12. The zero-order chi connectivity index (χ0) is 10.0. The van der Waals surface area contributed by atoms with Gasteiger partial charge in [0.1, 0.15) is 0 Å². The molecule has 0 spiro atoms. The van der Waals surface area contributed by atoms with E-state index in [0.717, 1.165) is 6.07 Å². The predicted octanol–water partition coefficient (Wildman–Crippen LogP) is 1.39. The summed E-state index contributed by atoms with van der Waals surface area (Å²) in [4.78, 5) is 21.1. The number of rotatable bonds is 2. The van der Waals surface area contributed by atoms with Crippen LogP contribution in [-0.2, 0) is 44.8 Å². The van der Waals surface area contributed by atoms with Crippen molar-refractivity contribution in [3.05, 3.63) is 34.9 Å². The Bertz CT molecular complexity index is 344. The molecule has 1 aromatic carbocycles. The van der Waals surface area contributed by atoms with E-state index in [0.29, 0.717) is 5.56 Å². The summed E-state index contributed by atoms with van der Waals surface area (Å²) in [6, 6.07) is 3.99. The van der Waals surface area contributed by atoms with Gasteiger partial charge >= 0.3 is 11.9 Å². The van der Waals surface area contributed by atoms with E-state index in [-0.39, 0.29) is 55.9 Å². The largest absolute Gasteiger partial charge is 0.478 e. The van der Waals surface area contributed by atoms with Crippen molar-refractivity contribution in [2.75, 3.05) is 0 Å². The van der Waals surface area contributed by atoms with Crippen LogP contribution in [0.4, 0.5) is 0 Å². The standard InChI is InChI=1S/C9H8O4.2Ag/c1-5-2-6(8(10)11)4-7(3-5)9(12)13;;/h2-4H,1H3,(H,10,11)(H,12,13);;. The molecule has 1 aromatic rings. The fourth-order valence-corrected chi connectivity index (χ4v) is 1.03. The third-order valence-corrected chi connectivity index (χ3v) is 1.57. The molecule has 0 atom stereocenters. The summed E-state index contributed by atoms with van der Waals surface area (Å²) in [5, 5.41) is 17.2. The molecule has 0 bridgehead atoms. The topological polar surface area (TPSA) is 74.6 Å². The minimum Gasteiger partial charge on any atom is -0.478 e. The molecule has 0 unspecified atom stereocenters. The monoisotopic (exact) mass is 394 g/mol. The van der Waals surface area contributed by atoms with E-state index < -0.39 is 11.9 Å². The Labute approximate surface area is 118 Å². The van der Waals surface area contributed by atoms with Crippen LogP contribution in [0.15, 0.2) is 18.2 Å². The average molecular weight is 396 g/mol. The number of aryl methyl sites for hydroxylation is 1. The molecule has 0 aliphatic rings. The van der Waals surface area contributed by atoms with Gasteiger partial charge in [0.05, 0.1) is 11.1 Å². The molecule has 0 fully saturated rings. The Balaban J connectivity index is 0.